The first-order chi connectivity index (χ1) is 8.80. The maximum atomic E-state index is 4.49. The maximum Gasteiger partial charge on any atom is 0.140 e. The molecule has 0 amide bonds. The topological polar surface area (TPSA) is 29.0 Å². The molecule has 2 rings (SSSR count). The summed E-state index contributed by atoms with van der Waals surface area (Å²) in [6.45, 7) is 6.40. The van der Waals surface area contributed by atoms with Crippen molar-refractivity contribution in [2.45, 2.75) is 26.7 Å². The van der Waals surface area contributed by atoms with E-state index in [-0.39, 0.29) is 0 Å². The molecule has 0 atom stereocenters. The summed E-state index contributed by atoms with van der Waals surface area (Å²) in [4.78, 5) is 13.7. The highest BCUT2D eigenvalue weighted by molar-refractivity contribution is 9.09. The standard InChI is InChI=1S/C13H18BrN3S/c1-3-6-17(7-5-14)12-11-8-10(4-2)18-13(11)16-9-15-12/h8-9H,3-7H2,1-2H3. The van der Waals surface area contributed by atoms with Gasteiger partial charge in [-0.15, -0.1) is 11.3 Å². The van der Waals surface area contributed by atoms with Gasteiger partial charge in [-0.1, -0.05) is 29.8 Å². The molecule has 5 heteroatoms. The van der Waals surface area contributed by atoms with E-state index in [1.807, 2.05) is 0 Å². The van der Waals surface area contributed by atoms with Crippen LogP contribution in [0.2, 0.25) is 0 Å². The molecule has 2 aromatic rings. The molecule has 0 radical (unpaired) electrons. The van der Waals surface area contributed by atoms with Gasteiger partial charge >= 0.3 is 0 Å². The summed E-state index contributed by atoms with van der Waals surface area (Å²) in [5, 5.41) is 2.16. The van der Waals surface area contributed by atoms with Gasteiger partial charge in [0.05, 0.1) is 5.39 Å². The zero-order chi connectivity index (χ0) is 13.0. The zero-order valence-electron chi connectivity index (χ0n) is 10.8. The van der Waals surface area contributed by atoms with E-state index < -0.39 is 0 Å². The monoisotopic (exact) mass is 327 g/mol. The SMILES string of the molecule is CCCN(CCBr)c1ncnc2sc(CC)cc12. The van der Waals surface area contributed by atoms with Gasteiger partial charge < -0.3 is 4.90 Å². The first-order valence-corrected chi connectivity index (χ1v) is 8.28. The first kappa shape index (κ1) is 13.7. The van der Waals surface area contributed by atoms with E-state index in [4.69, 9.17) is 0 Å². The van der Waals surface area contributed by atoms with E-state index in [2.05, 4.69) is 50.7 Å². The Kier molecular flexibility index (Phi) is 4.95. The van der Waals surface area contributed by atoms with Crippen molar-refractivity contribution in [3.8, 4) is 0 Å². The molecule has 2 aromatic heterocycles. The Morgan fingerprint density at radius 3 is 2.78 bits per heavy atom. The molecule has 0 fully saturated rings. The largest absolute Gasteiger partial charge is 0.355 e. The van der Waals surface area contributed by atoms with Crippen LogP contribution in [0.3, 0.4) is 0 Å². The molecule has 0 saturated heterocycles. The predicted octanol–water partition coefficient (Wildman–Crippen LogP) is 3.87. The van der Waals surface area contributed by atoms with Crippen molar-refractivity contribution in [1.82, 2.24) is 9.97 Å². The van der Waals surface area contributed by atoms with Crippen LogP contribution in [0.1, 0.15) is 25.1 Å². The van der Waals surface area contributed by atoms with E-state index in [0.29, 0.717) is 0 Å². The van der Waals surface area contributed by atoms with Crippen molar-refractivity contribution >= 4 is 43.3 Å². The van der Waals surface area contributed by atoms with E-state index in [9.17, 15) is 0 Å². The number of hydrogen-bond donors (Lipinski definition) is 0. The molecule has 0 aliphatic carbocycles. The van der Waals surface area contributed by atoms with E-state index >= 15 is 0 Å². The number of thiophene rings is 1. The van der Waals surface area contributed by atoms with Crippen molar-refractivity contribution in [1.29, 1.82) is 0 Å². The van der Waals surface area contributed by atoms with Gasteiger partial charge in [0.15, 0.2) is 0 Å². The van der Waals surface area contributed by atoms with Gasteiger partial charge in [0.25, 0.3) is 0 Å². The van der Waals surface area contributed by atoms with Gasteiger partial charge in [-0.3, -0.25) is 0 Å². The fourth-order valence-electron chi connectivity index (χ4n) is 2.01. The van der Waals surface area contributed by atoms with Gasteiger partial charge in [0.2, 0.25) is 0 Å². The van der Waals surface area contributed by atoms with Gasteiger partial charge in [-0.05, 0) is 18.9 Å². The number of hydrogen-bond acceptors (Lipinski definition) is 4. The summed E-state index contributed by atoms with van der Waals surface area (Å²) in [6, 6.07) is 2.24. The molecule has 0 aliphatic heterocycles. The lowest BCUT2D eigenvalue weighted by atomic mass is 10.3. The van der Waals surface area contributed by atoms with Gasteiger partial charge in [-0.2, -0.15) is 0 Å². The molecule has 0 unspecified atom stereocenters. The minimum atomic E-state index is 0.962. The Labute approximate surface area is 120 Å². The highest BCUT2D eigenvalue weighted by Crippen LogP contribution is 2.30. The zero-order valence-corrected chi connectivity index (χ0v) is 13.2. The van der Waals surface area contributed by atoms with Crippen molar-refractivity contribution in [2.75, 3.05) is 23.3 Å². The Morgan fingerprint density at radius 2 is 2.11 bits per heavy atom. The summed E-state index contributed by atoms with van der Waals surface area (Å²) in [7, 11) is 0. The van der Waals surface area contributed by atoms with Crippen LogP contribution in [-0.4, -0.2) is 28.4 Å². The van der Waals surface area contributed by atoms with Crippen molar-refractivity contribution in [2.24, 2.45) is 0 Å². The minimum absolute atomic E-state index is 0.962. The second-order valence-corrected chi connectivity index (χ2v) is 6.07. The number of alkyl halides is 1. The molecule has 98 valence electrons. The average Bonchev–Trinajstić information content (AvgIpc) is 2.81. The fourth-order valence-corrected chi connectivity index (χ4v) is 3.37. The Balaban J connectivity index is 2.43. The van der Waals surface area contributed by atoms with Crippen LogP contribution in [0.4, 0.5) is 5.82 Å². The number of rotatable bonds is 6. The summed E-state index contributed by atoms with van der Waals surface area (Å²) in [6.07, 6.45) is 3.88. The third-order valence-electron chi connectivity index (χ3n) is 2.86. The molecule has 0 aliphatic rings. The highest BCUT2D eigenvalue weighted by atomic mass is 79.9. The first-order valence-electron chi connectivity index (χ1n) is 6.34. The van der Waals surface area contributed by atoms with Crippen LogP contribution in [0.5, 0.6) is 0 Å². The number of fused-ring (bicyclic) bond motifs is 1. The third kappa shape index (κ3) is 2.83. The number of halogens is 1. The molecule has 0 saturated carbocycles. The lowest BCUT2D eigenvalue weighted by molar-refractivity contribution is 0.786. The summed E-state index contributed by atoms with van der Waals surface area (Å²) in [5.74, 6) is 1.08. The van der Waals surface area contributed by atoms with E-state index in [0.717, 1.165) is 41.9 Å². The third-order valence-corrected chi connectivity index (χ3v) is 4.40. The summed E-state index contributed by atoms with van der Waals surface area (Å²) < 4.78 is 0. The molecule has 0 bridgehead atoms. The quantitative estimate of drug-likeness (QED) is 0.754. The minimum Gasteiger partial charge on any atom is -0.355 e. The van der Waals surface area contributed by atoms with Gasteiger partial charge in [0.1, 0.15) is 17.0 Å². The highest BCUT2D eigenvalue weighted by Gasteiger charge is 2.13. The Bertz CT molecular complexity index is 506. The van der Waals surface area contributed by atoms with Crippen LogP contribution < -0.4 is 4.90 Å². The predicted molar refractivity (Wildman–Crippen MR) is 83.1 cm³/mol. The molecule has 3 nitrogen and oxygen atoms in total. The lowest BCUT2D eigenvalue weighted by Crippen LogP contribution is -2.27. The maximum absolute atomic E-state index is 4.49. The van der Waals surface area contributed by atoms with Gasteiger partial charge in [-0.25, -0.2) is 9.97 Å². The Hall–Kier alpha value is -0.680. The van der Waals surface area contributed by atoms with Crippen LogP contribution in [-0.2, 0) is 6.42 Å². The molecule has 0 aromatic carbocycles. The van der Waals surface area contributed by atoms with Crippen LogP contribution in [0.15, 0.2) is 12.4 Å². The van der Waals surface area contributed by atoms with E-state index in [1.54, 1.807) is 17.7 Å². The molecular weight excluding hydrogens is 310 g/mol. The van der Waals surface area contributed by atoms with Crippen molar-refractivity contribution in [3.05, 3.63) is 17.3 Å². The molecule has 18 heavy (non-hydrogen) atoms. The summed E-state index contributed by atoms with van der Waals surface area (Å²) in [5.41, 5.74) is 0. The van der Waals surface area contributed by atoms with Crippen molar-refractivity contribution in [3.63, 3.8) is 0 Å². The average molecular weight is 328 g/mol. The van der Waals surface area contributed by atoms with Crippen LogP contribution in [0, 0.1) is 0 Å². The number of nitrogens with zero attached hydrogens (tertiary/aromatic N) is 3. The smallest absolute Gasteiger partial charge is 0.140 e. The number of aromatic nitrogens is 2. The molecular formula is C13H18BrN3S. The summed E-state index contributed by atoms with van der Waals surface area (Å²) >= 11 is 5.29. The fraction of sp³-hybridized carbons (Fsp3) is 0.538. The molecule has 2 heterocycles. The second-order valence-electron chi connectivity index (χ2n) is 4.16. The second kappa shape index (κ2) is 6.48. The number of aryl methyl sites for hydroxylation is 1. The lowest BCUT2D eigenvalue weighted by Gasteiger charge is -2.22. The van der Waals surface area contributed by atoms with Crippen molar-refractivity contribution < 1.29 is 0 Å². The molecule has 0 N–H and O–H groups in total. The molecule has 0 spiro atoms. The van der Waals surface area contributed by atoms with E-state index in [1.165, 1.54) is 10.3 Å². The van der Waals surface area contributed by atoms with Crippen LogP contribution >= 0.6 is 27.3 Å². The normalized spacial score (nSPS) is 11.1. The Morgan fingerprint density at radius 1 is 1.28 bits per heavy atom. The van der Waals surface area contributed by atoms with Gasteiger partial charge in [0, 0.05) is 23.3 Å². The van der Waals surface area contributed by atoms with Crippen LogP contribution in [0.25, 0.3) is 10.2 Å². The number of anilines is 1.